The number of aromatic nitrogens is 3. The molecule has 8 nitrogen and oxygen atoms in total. The van der Waals surface area contributed by atoms with E-state index in [2.05, 4.69) is 20.3 Å². The van der Waals surface area contributed by atoms with Gasteiger partial charge in [0.1, 0.15) is 11.7 Å². The first kappa shape index (κ1) is 18.9. The van der Waals surface area contributed by atoms with Crippen LogP contribution in [0.3, 0.4) is 0 Å². The highest BCUT2D eigenvalue weighted by Crippen LogP contribution is 2.24. The van der Waals surface area contributed by atoms with Crippen LogP contribution in [0.5, 0.6) is 17.6 Å². The van der Waals surface area contributed by atoms with Gasteiger partial charge in [0.25, 0.3) is 5.91 Å². The standard InChI is InChI=1S/C19H24N4O4/c1-3-26-19-15(5-4-10-21-19)18(24)22-13-6-8-14(9-7-13)27-17-12-20-11-16(23-17)25-2/h4-5,10-14H,3,6-9H2,1-2H3,(H,22,24). The second-order valence-electron chi connectivity index (χ2n) is 6.25. The predicted molar refractivity (Wildman–Crippen MR) is 98.1 cm³/mol. The minimum atomic E-state index is -0.158. The molecule has 1 aliphatic carbocycles. The number of nitrogens with one attached hydrogen (secondary N) is 1. The van der Waals surface area contributed by atoms with Gasteiger partial charge in [-0.1, -0.05) is 0 Å². The summed E-state index contributed by atoms with van der Waals surface area (Å²) in [4.78, 5) is 25.0. The minimum Gasteiger partial charge on any atom is -0.480 e. The molecule has 1 amide bonds. The largest absolute Gasteiger partial charge is 0.480 e. The molecule has 1 aliphatic rings. The van der Waals surface area contributed by atoms with E-state index in [4.69, 9.17) is 14.2 Å². The summed E-state index contributed by atoms with van der Waals surface area (Å²) < 4.78 is 16.4. The first-order valence-corrected chi connectivity index (χ1v) is 9.11. The number of rotatable bonds is 7. The summed E-state index contributed by atoms with van der Waals surface area (Å²) in [5.74, 6) is 1.09. The van der Waals surface area contributed by atoms with Crippen molar-refractivity contribution in [2.24, 2.45) is 0 Å². The molecule has 0 saturated heterocycles. The Hall–Kier alpha value is -2.90. The third-order valence-electron chi connectivity index (χ3n) is 4.39. The number of pyridine rings is 1. The van der Waals surface area contributed by atoms with Crippen molar-refractivity contribution in [2.75, 3.05) is 13.7 Å². The van der Waals surface area contributed by atoms with E-state index in [1.165, 1.54) is 6.20 Å². The van der Waals surface area contributed by atoms with Crippen LogP contribution in [0, 0.1) is 0 Å². The highest BCUT2D eigenvalue weighted by atomic mass is 16.5. The number of hydrogen-bond donors (Lipinski definition) is 1. The molecule has 1 N–H and O–H groups in total. The van der Waals surface area contributed by atoms with Gasteiger partial charge < -0.3 is 19.5 Å². The van der Waals surface area contributed by atoms with E-state index in [0.717, 1.165) is 25.7 Å². The normalized spacial score (nSPS) is 19.2. The van der Waals surface area contributed by atoms with Crippen LogP contribution in [0.25, 0.3) is 0 Å². The van der Waals surface area contributed by atoms with Crippen molar-refractivity contribution in [1.82, 2.24) is 20.3 Å². The zero-order chi connectivity index (χ0) is 19.1. The molecule has 1 saturated carbocycles. The van der Waals surface area contributed by atoms with Gasteiger partial charge in [-0.25, -0.2) is 4.98 Å². The highest BCUT2D eigenvalue weighted by Gasteiger charge is 2.25. The van der Waals surface area contributed by atoms with Gasteiger partial charge in [-0.2, -0.15) is 4.98 Å². The molecule has 27 heavy (non-hydrogen) atoms. The van der Waals surface area contributed by atoms with Gasteiger partial charge in [-0.05, 0) is 44.7 Å². The highest BCUT2D eigenvalue weighted by molar-refractivity contribution is 5.96. The van der Waals surface area contributed by atoms with Crippen LogP contribution in [-0.2, 0) is 0 Å². The van der Waals surface area contributed by atoms with Crippen molar-refractivity contribution < 1.29 is 19.0 Å². The van der Waals surface area contributed by atoms with E-state index in [0.29, 0.717) is 29.8 Å². The van der Waals surface area contributed by atoms with Crippen molar-refractivity contribution in [3.63, 3.8) is 0 Å². The fraction of sp³-hybridized carbons (Fsp3) is 0.474. The molecule has 144 valence electrons. The van der Waals surface area contributed by atoms with Gasteiger partial charge in [0.2, 0.25) is 17.6 Å². The van der Waals surface area contributed by atoms with Crippen molar-refractivity contribution in [3.8, 4) is 17.6 Å². The number of ether oxygens (including phenoxy) is 3. The van der Waals surface area contributed by atoms with Crippen LogP contribution in [0.15, 0.2) is 30.7 Å². The number of carbonyl (C=O) groups excluding carboxylic acids is 1. The number of hydrogen-bond acceptors (Lipinski definition) is 7. The van der Waals surface area contributed by atoms with Crippen LogP contribution in [0.1, 0.15) is 43.0 Å². The molecule has 0 aliphatic heterocycles. The number of nitrogens with zero attached hydrogens (tertiary/aromatic N) is 3. The third kappa shape index (κ3) is 5.06. The zero-order valence-corrected chi connectivity index (χ0v) is 15.6. The summed E-state index contributed by atoms with van der Waals surface area (Å²) in [7, 11) is 1.54. The zero-order valence-electron chi connectivity index (χ0n) is 15.6. The molecule has 2 aromatic heterocycles. The maximum atomic E-state index is 12.6. The Morgan fingerprint density at radius 1 is 1.22 bits per heavy atom. The molecule has 3 rings (SSSR count). The quantitative estimate of drug-likeness (QED) is 0.797. The first-order valence-electron chi connectivity index (χ1n) is 9.11. The Bertz CT molecular complexity index is 763. The van der Waals surface area contributed by atoms with Crippen LogP contribution in [0.4, 0.5) is 0 Å². The summed E-state index contributed by atoms with van der Waals surface area (Å²) in [6.45, 7) is 2.33. The summed E-state index contributed by atoms with van der Waals surface area (Å²) in [6.07, 6.45) is 8.10. The predicted octanol–water partition coefficient (Wildman–Crippen LogP) is 2.40. The van der Waals surface area contributed by atoms with E-state index in [1.807, 2.05) is 6.92 Å². The summed E-state index contributed by atoms with van der Waals surface area (Å²) in [5, 5.41) is 3.07. The smallest absolute Gasteiger partial charge is 0.256 e. The number of methoxy groups -OCH3 is 1. The molecular formula is C19H24N4O4. The van der Waals surface area contributed by atoms with Gasteiger partial charge in [0.15, 0.2) is 0 Å². The topological polar surface area (TPSA) is 95.5 Å². The van der Waals surface area contributed by atoms with Crippen molar-refractivity contribution in [2.45, 2.75) is 44.8 Å². The van der Waals surface area contributed by atoms with Crippen molar-refractivity contribution >= 4 is 5.91 Å². The second-order valence-corrected chi connectivity index (χ2v) is 6.25. The Labute approximate surface area is 158 Å². The van der Waals surface area contributed by atoms with Gasteiger partial charge in [0, 0.05) is 12.2 Å². The monoisotopic (exact) mass is 372 g/mol. The average molecular weight is 372 g/mol. The maximum absolute atomic E-state index is 12.6. The van der Waals surface area contributed by atoms with Crippen LogP contribution >= 0.6 is 0 Å². The van der Waals surface area contributed by atoms with Crippen molar-refractivity contribution in [3.05, 3.63) is 36.3 Å². The fourth-order valence-electron chi connectivity index (χ4n) is 3.06. The van der Waals surface area contributed by atoms with E-state index in [1.54, 1.807) is 31.6 Å². The Morgan fingerprint density at radius 3 is 2.74 bits per heavy atom. The summed E-state index contributed by atoms with van der Waals surface area (Å²) in [5.41, 5.74) is 0.462. The van der Waals surface area contributed by atoms with Gasteiger partial charge in [0.05, 0.1) is 26.1 Å². The van der Waals surface area contributed by atoms with E-state index in [-0.39, 0.29) is 18.1 Å². The number of amides is 1. The lowest BCUT2D eigenvalue weighted by atomic mass is 9.92. The molecule has 0 atom stereocenters. The van der Waals surface area contributed by atoms with E-state index in [9.17, 15) is 4.79 Å². The first-order chi connectivity index (χ1) is 13.2. The minimum absolute atomic E-state index is 0.0527. The molecule has 0 spiro atoms. The van der Waals surface area contributed by atoms with Crippen molar-refractivity contribution in [1.29, 1.82) is 0 Å². The lowest BCUT2D eigenvalue weighted by Crippen LogP contribution is -2.40. The van der Waals surface area contributed by atoms with Gasteiger partial charge >= 0.3 is 0 Å². The fourth-order valence-corrected chi connectivity index (χ4v) is 3.06. The van der Waals surface area contributed by atoms with Gasteiger partial charge in [-0.3, -0.25) is 9.78 Å². The third-order valence-corrected chi connectivity index (χ3v) is 4.39. The van der Waals surface area contributed by atoms with Gasteiger partial charge in [-0.15, -0.1) is 0 Å². The lowest BCUT2D eigenvalue weighted by molar-refractivity contribution is 0.0884. The molecular weight excluding hydrogens is 348 g/mol. The average Bonchev–Trinajstić information content (AvgIpc) is 2.70. The molecule has 0 aromatic carbocycles. The molecule has 0 bridgehead atoms. The molecule has 1 fully saturated rings. The molecule has 8 heteroatoms. The number of carbonyl (C=O) groups is 1. The maximum Gasteiger partial charge on any atom is 0.256 e. The van der Waals surface area contributed by atoms with E-state index >= 15 is 0 Å². The van der Waals surface area contributed by atoms with Crippen LogP contribution in [-0.4, -0.2) is 46.7 Å². The Morgan fingerprint density at radius 2 is 2.00 bits per heavy atom. The molecule has 0 unspecified atom stereocenters. The molecule has 2 heterocycles. The Kier molecular flexibility index (Phi) is 6.40. The van der Waals surface area contributed by atoms with Crippen LogP contribution < -0.4 is 19.5 Å². The second kappa shape index (κ2) is 9.16. The molecule has 2 aromatic rings. The summed E-state index contributed by atoms with van der Waals surface area (Å²) >= 11 is 0. The Balaban J connectivity index is 1.51. The molecule has 0 radical (unpaired) electrons. The van der Waals surface area contributed by atoms with Crippen LogP contribution in [0.2, 0.25) is 0 Å². The SMILES string of the molecule is CCOc1ncccc1C(=O)NC1CCC(Oc2cncc(OC)n2)CC1. The summed E-state index contributed by atoms with van der Waals surface area (Å²) in [6, 6.07) is 3.56. The van der Waals surface area contributed by atoms with E-state index < -0.39 is 0 Å². The lowest BCUT2D eigenvalue weighted by Gasteiger charge is -2.29.